The Labute approximate surface area is 139 Å². The van der Waals surface area contributed by atoms with Crippen molar-refractivity contribution in [1.29, 1.82) is 0 Å². The van der Waals surface area contributed by atoms with Gasteiger partial charge in [-0.25, -0.2) is 0 Å². The summed E-state index contributed by atoms with van der Waals surface area (Å²) in [5.74, 6) is 1.75. The van der Waals surface area contributed by atoms with E-state index in [4.69, 9.17) is 4.74 Å². The average molecular weight is 312 g/mol. The molecule has 3 rings (SSSR count). The summed E-state index contributed by atoms with van der Waals surface area (Å²) in [5, 5.41) is 2.12. The number of fused-ring (bicyclic) bond motifs is 1. The molecular weight excluding hydrogens is 284 g/mol. The van der Waals surface area contributed by atoms with Crippen LogP contribution < -0.4 is 4.74 Å². The highest BCUT2D eigenvalue weighted by molar-refractivity contribution is 6.00. The van der Waals surface area contributed by atoms with E-state index in [9.17, 15) is 4.79 Å². The molecule has 0 atom stereocenters. The molecule has 0 amide bonds. The van der Waals surface area contributed by atoms with Crippen molar-refractivity contribution in [2.24, 2.45) is 5.92 Å². The predicted octanol–water partition coefficient (Wildman–Crippen LogP) is 5.94. The Hall–Kier alpha value is -1.83. The van der Waals surface area contributed by atoms with E-state index in [0.29, 0.717) is 6.10 Å². The van der Waals surface area contributed by atoms with Crippen LogP contribution in [0.3, 0.4) is 0 Å². The second-order valence-electron chi connectivity index (χ2n) is 6.25. The Kier molecular flexibility index (Phi) is 6.20. The van der Waals surface area contributed by atoms with Crippen LogP contribution >= 0.6 is 0 Å². The van der Waals surface area contributed by atoms with Gasteiger partial charge in [-0.3, -0.25) is 4.79 Å². The molecule has 2 aromatic carbocycles. The normalized spacial score (nSPS) is 20.5. The molecule has 2 aromatic rings. The summed E-state index contributed by atoms with van der Waals surface area (Å²) in [6.07, 6.45) is 6.01. The summed E-state index contributed by atoms with van der Waals surface area (Å²) in [5.41, 5.74) is 1.82. The molecule has 1 saturated carbocycles. The second kappa shape index (κ2) is 8.14. The van der Waals surface area contributed by atoms with E-state index in [1.54, 1.807) is 0 Å². The Balaban J connectivity index is 0.000000924. The number of hydrogen-bond acceptors (Lipinski definition) is 2. The van der Waals surface area contributed by atoms with Gasteiger partial charge in [-0.1, -0.05) is 45.0 Å². The lowest BCUT2D eigenvalue weighted by molar-refractivity contribution is 0.112. The number of carbonyl (C=O) groups excluding carboxylic acids is 1. The fraction of sp³-hybridized carbons (Fsp3) is 0.476. The molecule has 0 aliphatic heterocycles. The maximum absolute atomic E-state index is 11.3. The summed E-state index contributed by atoms with van der Waals surface area (Å²) in [4.78, 5) is 11.3. The number of ether oxygens (including phenoxy) is 1. The predicted molar refractivity (Wildman–Crippen MR) is 97.5 cm³/mol. The molecule has 0 saturated heterocycles. The quantitative estimate of drug-likeness (QED) is 0.655. The summed E-state index contributed by atoms with van der Waals surface area (Å²) >= 11 is 0. The van der Waals surface area contributed by atoms with E-state index in [0.717, 1.165) is 52.7 Å². The third-order valence-electron chi connectivity index (χ3n) is 4.67. The standard InChI is InChI=1S/C19H22O2.C2H6/c1-13-6-9-17(10-7-13)21-18-11-8-15-4-3-5-16(12-20)19(15)14(18)2;1-2/h3-5,8,11-13,17H,6-7,9-10H2,1-2H3;1-2H3. The van der Waals surface area contributed by atoms with Crippen molar-refractivity contribution in [3.63, 3.8) is 0 Å². The molecule has 0 spiro atoms. The first-order chi connectivity index (χ1) is 11.2. The molecule has 1 aliphatic rings. The maximum Gasteiger partial charge on any atom is 0.150 e. The van der Waals surface area contributed by atoms with Crippen LogP contribution in [0.25, 0.3) is 10.8 Å². The lowest BCUT2D eigenvalue weighted by Crippen LogP contribution is -2.23. The van der Waals surface area contributed by atoms with Crippen molar-refractivity contribution in [2.75, 3.05) is 0 Å². The monoisotopic (exact) mass is 312 g/mol. The van der Waals surface area contributed by atoms with E-state index in [2.05, 4.69) is 19.9 Å². The van der Waals surface area contributed by atoms with Crippen LogP contribution in [0.5, 0.6) is 5.75 Å². The molecule has 1 fully saturated rings. The number of rotatable bonds is 3. The fourth-order valence-electron chi connectivity index (χ4n) is 3.33. The third-order valence-corrected chi connectivity index (χ3v) is 4.67. The first kappa shape index (κ1) is 17.5. The number of aryl methyl sites for hydroxylation is 1. The molecule has 2 heteroatoms. The molecule has 0 radical (unpaired) electrons. The zero-order valence-electron chi connectivity index (χ0n) is 14.8. The summed E-state index contributed by atoms with van der Waals surface area (Å²) in [6.45, 7) is 8.37. The van der Waals surface area contributed by atoms with Gasteiger partial charge < -0.3 is 4.74 Å². The van der Waals surface area contributed by atoms with Gasteiger partial charge in [0.2, 0.25) is 0 Å². The summed E-state index contributed by atoms with van der Waals surface area (Å²) < 4.78 is 6.23. The second-order valence-corrected chi connectivity index (χ2v) is 6.25. The minimum atomic E-state index is 0.320. The van der Waals surface area contributed by atoms with Crippen LogP contribution in [0.15, 0.2) is 30.3 Å². The number of hydrogen-bond donors (Lipinski definition) is 0. The van der Waals surface area contributed by atoms with Gasteiger partial charge in [0.05, 0.1) is 6.10 Å². The van der Waals surface area contributed by atoms with Gasteiger partial charge in [0.25, 0.3) is 0 Å². The van der Waals surface area contributed by atoms with E-state index < -0.39 is 0 Å². The molecule has 0 heterocycles. The minimum absolute atomic E-state index is 0.320. The highest BCUT2D eigenvalue weighted by atomic mass is 16.5. The van der Waals surface area contributed by atoms with Crippen LogP contribution in [0.1, 0.15) is 62.4 Å². The number of aldehydes is 1. The van der Waals surface area contributed by atoms with Crippen molar-refractivity contribution in [2.45, 2.75) is 59.5 Å². The van der Waals surface area contributed by atoms with E-state index in [1.807, 2.05) is 38.1 Å². The summed E-state index contributed by atoms with van der Waals surface area (Å²) in [7, 11) is 0. The highest BCUT2D eigenvalue weighted by Gasteiger charge is 2.20. The Morgan fingerprint density at radius 1 is 1.04 bits per heavy atom. The highest BCUT2D eigenvalue weighted by Crippen LogP contribution is 2.33. The van der Waals surface area contributed by atoms with Crippen molar-refractivity contribution >= 4 is 17.1 Å². The molecule has 23 heavy (non-hydrogen) atoms. The molecule has 1 aliphatic carbocycles. The van der Waals surface area contributed by atoms with Crippen LogP contribution in [-0.2, 0) is 0 Å². The fourth-order valence-corrected chi connectivity index (χ4v) is 3.33. The topological polar surface area (TPSA) is 26.3 Å². The van der Waals surface area contributed by atoms with Crippen LogP contribution in [0.4, 0.5) is 0 Å². The van der Waals surface area contributed by atoms with E-state index in [1.165, 1.54) is 12.8 Å². The van der Waals surface area contributed by atoms with Gasteiger partial charge in [0.1, 0.15) is 5.75 Å². The maximum atomic E-state index is 11.3. The molecule has 0 N–H and O–H groups in total. The van der Waals surface area contributed by atoms with Crippen LogP contribution in [0, 0.1) is 12.8 Å². The van der Waals surface area contributed by atoms with Gasteiger partial charge in [-0.15, -0.1) is 0 Å². The largest absolute Gasteiger partial charge is 0.490 e. The van der Waals surface area contributed by atoms with Gasteiger partial charge in [0, 0.05) is 5.56 Å². The SMILES string of the molecule is CC.Cc1c(OC2CCC(C)CC2)ccc2cccc(C=O)c12. The molecule has 0 unspecified atom stereocenters. The molecule has 2 nitrogen and oxygen atoms in total. The van der Waals surface area contributed by atoms with Crippen LogP contribution in [0.2, 0.25) is 0 Å². The molecular formula is C21H28O2. The first-order valence-electron chi connectivity index (χ1n) is 8.83. The Morgan fingerprint density at radius 2 is 1.74 bits per heavy atom. The summed E-state index contributed by atoms with van der Waals surface area (Å²) in [6, 6.07) is 9.94. The first-order valence-corrected chi connectivity index (χ1v) is 8.83. The molecule has 0 aromatic heterocycles. The van der Waals surface area contributed by atoms with Gasteiger partial charge in [-0.05, 0) is 60.9 Å². The third kappa shape index (κ3) is 3.93. The number of benzene rings is 2. The Morgan fingerprint density at radius 3 is 2.39 bits per heavy atom. The minimum Gasteiger partial charge on any atom is -0.490 e. The van der Waals surface area contributed by atoms with Gasteiger partial charge in [-0.2, -0.15) is 0 Å². The van der Waals surface area contributed by atoms with E-state index in [-0.39, 0.29) is 0 Å². The van der Waals surface area contributed by atoms with Crippen molar-refractivity contribution in [1.82, 2.24) is 0 Å². The lowest BCUT2D eigenvalue weighted by atomic mass is 9.89. The molecule has 0 bridgehead atoms. The molecule has 124 valence electrons. The van der Waals surface area contributed by atoms with Gasteiger partial charge in [0.15, 0.2) is 6.29 Å². The van der Waals surface area contributed by atoms with Crippen LogP contribution in [-0.4, -0.2) is 12.4 Å². The Bertz CT molecular complexity index is 652. The van der Waals surface area contributed by atoms with Gasteiger partial charge >= 0.3 is 0 Å². The van der Waals surface area contributed by atoms with Crippen molar-refractivity contribution < 1.29 is 9.53 Å². The van der Waals surface area contributed by atoms with Crippen molar-refractivity contribution in [3.05, 3.63) is 41.5 Å². The number of carbonyl (C=O) groups is 1. The zero-order valence-corrected chi connectivity index (χ0v) is 14.8. The van der Waals surface area contributed by atoms with Crippen molar-refractivity contribution in [3.8, 4) is 5.75 Å². The van der Waals surface area contributed by atoms with E-state index >= 15 is 0 Å². The average Bonchev–Trinajstić information content (AvgIpc) is 2.60. The smallest absolute Gasteiger partial charge is 0.150 e. The lowest BCUT2D eigenvalue weighted by Gasteiger charge is -2.27. The zero-order chi connectivity index (χ0) is 16.8.